The van der Waals surface area contributed by atoms with Crippen LogP contribution in [0.25, 0.3) is 11.1 Å². The van der Waals surface area contributed by atoms with E-state index in [-0.39, 0.29) is 11.3 Å². The van der Waals surface area contributed by atoms with Crippen LogP contribution in [0.15, 0.2) is 42.5 Å². The molecule has 2 nitrogen and oxygen atoms in total. The van der Waals surface area contributed by atoms with Crippen molar-refractivity contribution in [1.82, 2.24) is 0 Å². The lowest BCUT2D eigenvalue weighted by atomic mass is 10.0. The van der Waals surface area contributed by atoms with E-state index in [1.165, 1.54) is 25.3 Å². The fourth-order valence-electron chi connectivity index (χ4n) is 1.91. The van der Waals surface area contributed by atoms with Crippen LogP contribution in [0.5, 0.6) is 11.5 Å². The van der Waals surface area contributed by atoms with Crippen LogP contribution in [-0.2, 0) is 0 Å². The Bertz CT molecular complexity index is 685. The van der Waals surface area contributed by atoms with Crippen molar-refractivity contribution >= 4 is 0 Å². The number of terminal acetylenes is 1. The van der Waals surface area contributed by atoms with Gasteiger partial charge in [0, 0.05) is 16.7 Å². The summed E-state index contributed by atoms with van der Waals surface area (Å²) in [6.07, 6.45) is 0.555. The highest BCUT2D eigenvalue weighted by Gasteiger charge is 2.32. The number of alkyl halides is 3. The van der Waals surface area contributed by atoms with Gasteiger partial charge in [-0.25, -0.2) is 0 Å². The van der Waals surface area contributed by atoms with Gasteiger partial charge in [-0.05, 0) is 24.3 Å². The number of benzene rings is 2. The Balaban J connectivity index is 2.59. The fraction of sp³-hybridized carbons (Fsp3) is 0.125. The molecule has 2 rings (SSSR count). The zero-order valence-corrected chi connectivity index (χ0v) is 11.1. The first kappa shape index (κ1) is 14.8. The third kappa shape index (κ3) is 3.48. The van der Waals surface area contributed by atoms with E-state index in [9.17, 15) is 13.2 Å². The number of methoxy groups -OCH3 is 1. The standard InChI is InChI=1S/C16H11F3O2/c1-3-11-8-9-14(20-2)13(10-11)12-6-4-5-7-15(12)21-16(17,18)19/h1,4-10H,2H3. The summed E-state index contributed by atoms with van der Waals surface area (Å²) in [6.45, 7) is 0. The summed E-state index contributed by atoms with van der Waals surface area (Å²) in [4.78, 5) is 0. The molecule has 108 valence electrons. The fourth-order valence-corrected chi connectivity index (χ4v) is 1.91. The summed E-state index contributed by atoms with van der Waals surface area (Å²) >= 11 is 0. The lowest BCUT2D eigenvalue weighted by Crippen LogP contribution is -2.17. The van der Waals surface area contributed by atoms with Crippen molar-refractivity contribution in [2.45, 2.75) is 6.36 Å². The highest BCUT2D eigenvalue weighted by atomic mass is 19.4. The summed E-state index contributed by atoms with van der Waals surface area (Å²) < 4.78 is 46.7. The van der Waals surface area contributed by atoms with Crippen molar-refractivity contribution in [3.05, 3.63) is 48.0 Å². The highest BCUT2D eigenvalue weighted by Crippen LogP contribution is 2.38. The second-order valence-electron chi connectivity index (χ2n) is 4.10. The molecule has 0 fully saturated rings. The maximum atomic E-state index is 12.5. The molecule has 0 bridgehead atoms. The molecule has 2 aromatic carbocycles. The van der Waals surface area contributed by atoms with Crippen molar-refractivity contribution in [2.24, 2.45) is 0 Å². The molecule has 0 heterocycles. The lowest BCUT2D eigenvalue weighted by molar-refractivity contribution is -0.274. The van der Waals surface area contributed by atoms with Gasteiger partial charge in [-0.3, -0.25) is 0 Å². The average Bonchev–Trinajstić information content (AvgIpc) is 2.45. The van der Waals surface area contributed by atoms with Crippen LogP contribution in [0.1, 0.15) is 5.56 Å². The minimum Gasteiger partial charge on any atom is -0.496 e. The third-order valence-electron chi connectivity index (χ3n) is 2.77. The second-order valence-corrected chi connectivity index (χ2v) is 4.10. The number of hydrogen-bond acceptors (Lipinski definition) is 2. The first-order chi connectivity index (χ1) is 9.94. The van der Waals surface area contributed by atoms with Gasteiger partial charge in [0.15, 0.2) is 0 Å². The molecule has 0 spiro atoms. The maximum Gasteiger partial charge on any atom is 0.573 e. The van der Waals surface area contributed by atoms with Crippen molar-refractivity contribution in [2.75, 3.05) is 7.11 Å². The Morgan fingerprint density at radius 1 is 1.00 bits per heavy atom. The number of halogens is 3. The summed E-state index contributed by atoms with van der Waals surface area (Å²) in [5.74, 6) is 2.54. The quantitative estimate of drug-likeness (QED) is 0.788. The molecule has 0 amide bonds. The van der Waals surface area contributed by atoms with E-state index in [2.05, 4.69) is 10.7 Å². The van der Waals surface area contributed by atoms with E-state index in [0.29, 0.717) is 16.9 Å². The molecule has 2 aromatic rings. The van der Waals surface area contributed by atoms with E-state index in [1.54, 1.807) is 24.3 Å². The SMILES string of the molecule is C#Cc1ccc(OC)c(-c2ccccc2OC(F)(F)F)c1. The van der Waals surface area contributed by atoms with Crippen LogP contribution in [0.2, 0.25) is 0 Å². The number of rotatable bonds is 3. The van der Waals surface area contributed by atoms with Crippen LogP contribution >= 0.6 is 0 Å². The van der Waals surface area contributed by atoms with Gasteiger partial charge in [-0.1, -0.05) is 24.1 Å². The van der Waals surface area contributed by atoms with E-state index < -0.39 is 6.36 Å². The molecule has 0 N–H and O–H groups in total. The van der Waals surface area contributed by atoms with Crippen molar-refractivity contribution in [1.29, 1.82) is 0 Å². The molecule has 0 aliphatic heterocycles. The molecular formula is C16H11F3O2. The molecule has 0 atom stereocenters. The summed E-state index contributed by atoms with van der Waals surface area (Å²) in [7, 11) is 1.43. The third-order valence-corrected chi connectivity index (χ3v) is 2.77. The Hall–Kier alpha value is -2.61. The summed E-state index contributed by atoms with van der Waals surface area (Å²) in [5, 5.41) is 0. The van der Waals surface area contributed by atoms with Gasteiger partial charge in [0.25, 0.3) is 0 Å². The van der Waals surface area contributed by atoms with E-state index in [1.807, 2.05) is 0 Å². The van der Waals surface area contributed by atoms with Crippen LogP contribution in [0, 0.1) is 12.3 Å². The predicted molar refractivity (Wildman–Crippen MR) is 73.0 cm³/mol. The Morgan fingerprint density at radius 2 is 1.71 bits per heavy atom. The van der Waals surface area contributed by atoms with Gasteiger partial charge in [0.2, 0.25) is 0 Å². The molecule has 0 radical (unpaired) electrons. The Kier molecular flexibility index (Phi) is 4.08. The van der Waals surface area contributed by atoms with E-state index in [0.717, 1.165) is 0 Å². The minimum atomic E-state index is -4.77. The van der Waals surface area contributed by atoms with Gasteiger partial charge in [-0.15, -0.1) is 19.6 Å². The van der Waals surface area contributed by atoms with Gasteiger partial charge in [0.1, 0.15) is 11.5 Å². The summed E-state index contributed by atoms with van der Waals surface area (Å²) in [6, 6.07) is 10.7. The zero-order valence-electron chi connectivity index (χ0n) is 11.1. The smallest absolute Gasteiger partial charge is 0.496 e. The molecule has 5 heteroatoms. The molecule has 0 aromatic heterocycles. The van der Waals surface area contributed by atoms with Crippen LogP contribution in [-0.4, -0.2) is 13.5 Å². The maximum absolute atomic E-state index is 12.5. The molecule has 0 saturated carbocycles. The van der Waals surface area contributed by atoms with E-state index in [4.69, 9.17) is 11.2 Å². The number of ether oxygens (including phenoxy) is 2. The van der Waals surface area contributed by atoms with Crippen molar-refractivity contribution in [3.8, 4) is 35.0 Å². The number of hydrogen-bond donors (Lipinski definition) is 0. The van der Waals surface area contributed by atoms with Gasteiger partial charge < -0.3 is 9.47 Å². The Morgan fingerprint density at radius 3 is 2.33 bits per heavy atom. The van der Waals surface area contributed by atoms with Gasteiger partial charge >= 0.3 is 6.36 Å². The minimum absolute atomic E-state index is 0.253. The van der Waals surface area contributed by atoms with Crippen molar-refractivity contribution < 1.29 is 22.6 Å². The first-order valence-corrected chi connectivity index (χ1v) is 5.94. The number of para-hydroxylation sites is 1. The van der Waals surface area contributed by atoms with Crippen molar-refractivity contribution in [3.63, 3.8) is 0 Å². The zero-order chi connectivity index (χ0) is 15.5. The monoisotopic (exact) mass is 292 g/mol. The second kappa shape index (κ2) is 5.80. The largest absolute Gasteiger partial charge is 0.573 e. The van der Waals surface area contributed by atoms with E-state index >= 15 is 0 Å². The molecule has 0 aliphatic carbocycles. The lowest BCUT2D eigenvalue weighted by Gasteiger charge is -2.15. The van der Waals surface area contributed by atoms with Crippen LogP contribution in [0.4, 0.5) is 13.2 Å². The summed E-state index contributed by atoms with van der Waals surface area (Å²) in [5.41, 5.74) is 1.23. The van der Waals surface area contributed by atoms with Crippen LogP contribution in [0.3, 0.4) is 0 Å². The molecule has 0 unspecified atom stereocenters. The molecule has 0 aliphatic rings. The Labute approximate surface area is 120 Å². The van der Waals surface area contributed by atoms with Crippen LogP contribution < -0.4 is 9.47 Å². The van der Waals surface area contributed by atoms with Gasteiger partial charge in [-0.2, -0.15) is 0 Å². The predicted octanol–water partition coefficient (Wildman–Crippen LogP) is 4.24. The molecular weight excluding hydrogens is 281 g/mol. The first-order valence-electron chi connectivity index (χ1n) is 5.94. The average molecular weight is 292 g/mol. The molecule has 21 heavy (non-hydrogen) atoms. The van der Waals surface area contributed by atoms with Gasteiger partial charge in [0.05, 0.1) is 7.11 Å². The molecule has 0 saturated heterocycles. The normalized spacial score (nSPS) is 10.8. The highest BCUT2D eigenvalue weighted by molar-refractivity contribution is 5.77. The topological polar surface area (TPSA) is 18.5 Å².